The zero-order valence-corrected chi connectivity index (χ0v) is 16.2. The van der Waals surface area contributed by atoms with Crippen molar-refractivity contribution in [3.05, 3.63) is 64.1 Å². The average Bonchev–Trinajstić information content (AvgIpc) is 3.15. The first-order valence-electron chi connectivity index (χ1n) is 8.54. The first-order chi connectivity index (χ1) is 13.3. The second kappa shape index (κ2) is 9.74. The standard InChI is InChI=1S/C18H20BClN6O2/c1-10(27)15-7-16(26-25-15)18(28)24-17(19)9-23-5-4-14(22)11-2-3-12(8-21)13(20)6-11/h2-7,10,17,22-23,27H,9,19H2,1H3,(H,24,28)(H,25,26)/b5-4-,22-14?. The van der Waals surface area contributed by atoms with Crippen LogP contribution < -0.4 is 10.6 Å². The molecule has 144 valence electrons. The molecular weight excluding hydrogens is 379 g/mol. The van der Waals surface area contributed by atoms with E-state index in [0.717, 1.165) is 0 Å². The quantitative estimate of drug-likeness (QED) is 0.331. The molecule has 2 aromatic rings. The normalized spacial score (nSPS) is 12.9. The summed E-state index contributed by atoms with van der Waals surface area (Å²) in [5, 5.41) is 39.0. The lowest BCUT2D eigenvalue weighted by molar-refractivity contribution is 0.0944. The van der Waals surface area contributed by atoms with E-state index in [1.165, 1.54) is 6.07 Å². The summed E-state index contributed by atoms with van der Waals surface area (Å²) in [5.41, 5.74) is 1.87. The largest absolute Gasteiger partial charge is 0.390 e. The number of carbonyl (C=O) groups excluding carboxylic acids is 1. The number of nitrogens with one attached hydrogen (secondary N) is 4. The number of aromatic amines is 1. The highest BCUT2D eigenvalue weighted by atomic mass is 35.5. The van der Waals surface area contributed by atoms with E-state index in [1.807, 2.05) is 13.9 Å². The molecule has 0 radical (unpaired) electrons. The molecule has 5 N–H and O–H groups in total. The zero-order valence-electron chi connectivity index (χ0n) is 15.5. The highest BCUT2D eigenvalue weighted by Crippen LogP contribution is 2.17. The van der Waals surface area contributed by atoms with Crippen LogP contribution in [-0.4, -0.2) is 47.3 Å². The third kappa shape index (κ3) is 5.71. The number of aromatic nitrogens is 2. The van der Waals surface area contributed by atoms with E-state index in [9.17, 15) is 9.90 Å². The SMILES string of the molecule is BC(CN/C=C\C(=N)c1ccc(C#N)c(Cl)c1)NC(=O)c1cc(C(C)O)[nH]n1. The van der Waals surface area contributed by atoms with E-state index in [1.54, 1.807) is 37.4 Å². The number of aliphatic hydroxyl groups is 1. The highest BCUT2D eigenvalue weighted by molar-refractivity contribution is 6.32. The van der Waals surface area contributed by atoms with Gasteiger partial charge in [-0.15, -0.1) is 0 Å². The molecule has 1 heterocycles. The lowest BCUT2D eigenvalue weighted by Crippen LogP contribution is -2.41. The number of benzene rings is 1. The number of allylic oxidation sites excluding steroid dienone is 1. The van der Waals surface area contributed by atoms with Crippen molar-refractivity contribution in [2.24, 2.45) is 0 Å². The second-order valence-corrected chi connectivity index (χ2v) is 6.63. The third-order valence-corrected chi connectivity index (χ3v) is 4.16. The van der Waals surface area contributed by atoms with E-state index in [2.05, 4.69) is 20.8 Å². The number of aliphatic hydroxyl groups excluding tert-OH is 1. The molecule has 0 fully saturated rings. The Hall–Kier alpha value is -3.09. The Kier molecular flexibility index (Phi) is 7.38. The fourth-order valence-electron chi connectivity index (χ4n) is 2.27. The van der Waals surface area contributed by atoms with Gasteiger partial charge in [-0.2, -0.15) is 10.4 Å². The van der Waals surface area contributed by atoms with E-state index < -0.39 is 6.10 Å². The number of amides is 1. The maximum atomic E-state index is 12.1. The summed E-state index contributed by atoms with van der Waals surface area (Å²) in [6, 6.07) is 8.28. The molecule has 8 nitrogen and oxygen atoms in total. The van der Waals surface area contributed by atoms with Crippen LogP contribution in [0.15, 0.2) is 36.5 Å². The summed E-state index contributed by atoms with van der Waals surface area (Å²) in [4.78, 5) is 12.1. The molecule has 2 atom stereocenters. The molecule has 0 bridgehead atoms. The lowest BCUT2D eigenvalue weighted by atomic mass is 9.96. The molecule has 0 saturated carbocycles. The van der Waals surface area contributed by atoms with Crippen molar-refractivity contribution in [2.45, 2.75) is 19.0 Å². The minimum absolute atomic E-state index is 0.192. The average molecular weight is 399 g/mol. The summed E-state index contributed by atoms with van der Waals surface area (Å²) >= 11 is 5.97. The molecule has 28 heavy (non-hydrogen) atoms. The molecule has 0 aliphatic carbocycles. The van der Waals surface area contributed by atoms with Gasteiger partial charge in [-0.25, -0.2) is 0 Å². The highest BCUT2D eigenvalue weighted by Gasteiger charge is 2.14. The summed E-state index contributed by atoms with van der Waals surface area (Å²) in [6.07, 6.45) is 2.45. The van der Waals surface area contributed by atoms with Crippen LogP contribution in [0.4, 0.5) is 0 Å². The van der Waals surface area contributed by atoms with Crippen molar-refractivity contribution in [3.63, 3.8) is 0 Å². The molecule has 1 aromatic carbocycles. The van der Waals surface area contributed by atoms with Gasteiger partial charge in [-0.1, -0.05) is 17.7 Å². The Bertz CT molecular complexity index is 934. The smallest absolute Gasteiger partial charge is 0.271 e. The predicted octanol–water partition coefficient (Wildman–Crippen LogP) is 0.848. The van der Waals surface area contributed by atoms with Crippen molar-refractivity contribution < 1.29 is 9.90 Å². The first-order valence-corrected chi connectivity index (χ1v) is 8.92. The Balaban J connectivity index is 1.81. The fourth-order valence-corrected chi connectivity index (χ4v) is 2.50. The predicted molar refractivity (Wildman–Crippen MR) is 109 cm³/mol. The molecule has 2 unspecified atom stereocenters. The van der Waals surface area contributed by atoms with Gasteiger partial charge in [0.2, 0.25) is 0 Å². The third-order valence-electron chi connectivity index (χ3n) is 3.85. The molecule has 0 saturated heterocycles. The van der Waals surface area contributed by atoms with Gasteiger partial charge in [0, 0.05) is 18.0 Å². The van der Waals surface area contributed by atoms with Crippen molar-refractivity contribution in [1.82, 2.24) is 20.8 Å². The Morgan fingerprint density at radius 3 is 2.89 bits per heavy atom. The minimum atomic E-state index is -0.723. The molecule has 1 aromatic heterocycles. The van der Waals surface area contributed by atoms with Crippen molar-refractivity contribution >= 4 is 31.1 Å². The van der Waals surface area contributed by atoms with Gasteiger partial charge in [0.25, 0.3) is 5.91 Å². The van der Waals surface area contributed by atoms with E-state index in [0.29, 0.717) is 28.4 Å². The topological polar surface area (TPSA) is 138 Å². The number of rotatable bonds is 8. The number of hydrogen-bond donors (Lipinski definition) is 5. The zero-order chi connectivity index (χ0) is 20.7. The number of nitriles is 1. The van der Waals surface area contributed by atoms with Crippen LogP contribution in [0.5, 0.6) is 0 Å². The number of carbonyl (C=O) groups is 1. The van der Waals surface area contributed by atoms with Crippen LogP contribution in [-0.2, 0) is 0 Å². The second-order valence-electron chi connectivity index (χ2n) is 6.22. The van der Waals surface area contributed by atoms with Crippen LogP contribution in [0.3, 0.4) is 0 Å². The van der Waals surface area contributed by atoms with Crippen molar-refractivity contribution in [3.8, 4) is 6.07 Å². The summed E-state index contributed by atoms with van der Waals surface area (Å²) in [5.74, 6) is -0.538. The lowest BCUT2D eigenvalue weighted by Gasteiger charge is -2.12. The Morgan fingerprint density at radius 2 is 2.29 bits per heavy atom. The fraction of sp³-hybridized carbons (Fsp3) is 0.222. The first kappa shape index (κ1) is 21.2. The van der Waals surface area contributed by atoms with Gasteiger partial charge >= 0.3 is 0 Å². The molecule has 0 aliphatic heterocycles. The van der Waals surface area contributed by atoms with Crippen LogP contribution in [0.2, 0.25) is 5.02 Å². The monoisotopic (exact) mass is 398 g/mol. The summed E-state index contributed by atoms with van der Waals surface area (Å²) < 4.78 is 0. The summed E-state index contributed by atoms with van der Waals surface area (Å²) in [7, 11) is 1.83. The number of H-pyrrole nitrogens is 1. The van der Waals surface area contributed by atoms with Crippen LogP contribution in [0.1, 0.15) is 40.3 Å². The van der Waals surface area contributed by atoms with Gasteiger partial charge in [0.05, 0.1) is 28.1 Å². The van der Waals surface area contributed by atoms with Crippen molar-refractivity contribution in [2.75, 3.05) is 6.54 Å². The molecule has 0 spiro atoms. The van der Waals surface area contributed by atoms with E-state index >= 15 is 0 Å². The summed E-state index contributed by atoms with van der Waals surface area (Å²) in [6.45, 7) is 2.02. The van der Waals surface area contributed by atoms with Gasteiger partial charge < -0.3 is 21.1 Å². The maximum Gasteiger partial charge on any atom is 0.271 e. The number of hydrogen-bond acceptors (Lipinski definition) is 6. The molecule has 0 aliphatic rings. The minimum Gasteiger partial charge on any atom is -0.390 e. The maximum absolute atomic E-state index is 12.1. The Morgan fingerprint density at radius 1 is 1.54 bits per heavy atom. The molecule has 2 rings (SSSR count). The van der Waals surface area contributed by atoms with Crippen LogP contribution in [0.25, 0.3) is 0 Å². The number of halogens is 1. The van der Waals surface area contributed by atoms with Gasteiger partial charge in [0.1, 0.15) is 19.6 Å². The van der Waals surface area contributed by atoms with Crippen LogP contribution >= 0.6 is 11.6 Å². The van der Waals surface area contributed by atoms with Gasteiger partial charge in [0.15, 0.2) is 0 Å². The van der Waals surface area contributed by atoms with E-state index in [-0.39, 0.29) is 23.3 Å². The molecule has 1 amide bonds. The Labute approximate surface area is 168 Å². The molecule has 10 heteroatoms. The molecular formula is C18H20BClN6O2. The van der Waals surface area contributed by atoms with Crippen molar-refractivity contribution in [1.29, 1.82) is 10.7 Å². The van der Waals surface area contributed by atoms with Crippen LogP contribution in [0, 0.1) is 16.7 Å². The van der Waals surface area contributed by atoms with Gasteiger partial charge in [-0.3, -0.25) is 9.89 Å². The van der Waals surface area contributed by atoms with Gasteiger partial charge in [-0.05, 0) is 37.4 Å². The number of nitrogens with zero attached hydrogens (tertiary/aromatic N) is 2. The van der Waals surface area contributed by atoms with E-state index in [4.69, 9.17) is 22.3 Å².